The Balaban J connectivity index is 2.13. The Morgan fingerprint density at radius 2 is 2.21 bits per heavy atom. The van der Waals surface area contributed by atoms with Gasteiger partial charge in [-0.15, -0.1) is 0 Å². The Morgan fingerprint density at radius 1 is 1.42 bits per heavy atom. The maximum Gasteiger partial charge on any atom is 0.307 e. The summed E-state index contributed by atoms with van der Waals surface area (Å²) in [5.74, 6) is -0.548. The largest absolute Gasteiger partial charge is 0.469 e. The summed E-state index contributed by atoms with van der Waals surface area (Å²) in [6.45, 7) is 0.295. The number of fused-ring (bicyclic) bond motifs is 1. The number of esters is 1. The van der Waals surface area contributed by atoms with E-state index in [1.807, 2.05) is 0 Å². The molecule has 2 aromatic rings. The molecule has 0 N–H and O–H groups in total. The van der Waals surface area contributed by atoms with E-state index in [0.29, 0.717) is 17.6 Å². The highest BCUT2D eigenvalue weighted by atomic mass is 16.5. The quantitative estimate of drug-likeness (QED) is 0.744. The van der Waals surface area contributed by atoms with Crippen LogP contribution in [0.15, 0.2) is 24.8 Å². The summed E-state index contributed by atoms with van der Waals surface area (Å²) in [7, 11) is 2.95. The second-order valence-corrected chi connectivity index (χ2v) is 4.02. The molecular formula is C12H14N4O3. The van der Waals surface area contributed by atoms with E-state index in [1.165, 1.54) is 18.2 Å². The number of aromatic nitrogens is 3. The van der Waals surface area contributed by atoms with Gasteiger partial charge in [-0.25, -0.2) is 4.52 Å². The van der Waals surface area contributed by atoms with Gasteiger partial charge >= 0.3 is 5.97 Å². The van der Waals surface area contributed by atoms with E-state index in [2.05, 4.69) is 14.8 Å². The Kier molecular flexibility index (Phi) is 3.74. The van der Waals surface area contributed by atoms with Crippen LogP contribution in [-0.2, 0) is 9.53 Å². The molecule has 0 saturated carbocycles. The van der Waals surface area contributed by atoms with Crippen molar-refractivity contribution in [3.05, 3.63) is 30.4 Å². The number of hydrogen-bond acceptors (Lipinski definition) is 5. The van der Waals surface area contributed by atoms with Crippen LogP contribution in [0, 0.1) is 0 Å². The number of amides is 1. The van der Waals surface area contributed by atoms with Crippen LogP contribution in [0.25, 0.3) is 5.52 Å². The molecule has 1 amide bonds. The van der Waals surface area contributed by atoms with Gasteiger partial charge in [0.25, 0.3) is 5.91 Å². The van der Waals surface area contributed by atoms with Crippen molar-refractivity contribution in [1.82, 2.24) is 19.5 Å². The van der Waals surface area contributed by atoms with Crippen LogP contribution < -0.4 is 0 Å². The van der Waals surface area contributed by atoms with Gasteiger partial charge in [0.15, 0.2) is 0 Å². The maximum absolute atomic E-state index is 12.2. The topological polar surface area (TPSA) is 76.8 Å². The molecule has 19 heavy (non-hydrogen) atoms. The number of methoxy groups -OCH3 is 1. The second kappa shape index (κ2) is 5.47. The molecule has 100 valence electrons. The molecule has 0 spiro atoms. The minimum Gasteiger partial charge on any atom is -0.469 e. The first-order valence-electron chi connectivity index (χ1n) is 5.73. The van der Waals surface area contributed by atoms with Gasteiger partial charge in [0.05, 0.1) is 37.0 Å². The Bertz CT molecular complexity index is 608. The van der Waals surface area contributed by atoms with E-state index >= 15 is 0 Å². The summed E-state index contributed by atoms with van der Waals surface area (Å²) >= 11 is 0. The molecule has 7 heteroatoms. The first-order valence-corrected chi connectivity index (χ1v) is 5.73. The van der Waals surface area contributed by atoms with E-state index in [0.717, 1.165) is 0 Å². The van der Waals surface area contributed by atoms with E-state index in [-0.39, 0.29) is 18.3 Å². The summed E-state index contributed by atoms with van der Waals surface area (Å²) in [5, 5.41) is 4.07. The van der Waals surface area contributed by atoms with Gasteiger partial charge in [-0.1, -0.05) is 0 Å². The summed E-state index contributed by atoms with van der Waals surface area (Å²) in [5.41, 5.74) is 1.10. The van der Waals surface area contributed by atoms with E-state index in [1.54, 1.807) is 30.2 Å². The van der Waals surface area contributed by atoms with Crippen LogP contribution in [0.2, 0.25) is 0 Å². The molecule has 0 unspecified atom stereocenters. The molecule has 0 aliphatic carbocycles. The average Bonchev–Trinajstić information content (AvgIpc) is 2.87. The lowest BCUT2D eigenvalue weighted by Crippen LogP contribution is -2.29. The minimum absolute atomic E-state index is 0.163. The summed E-state index contributed by atoms with van der Waals surface area (Å²) in [4.78, 5) is 28.7. The average molecular weight is 262 g/mol. The third-order valence-corrected chi connectivity index (χ3v) is 2.78. The molecule has 2 aromatic heterocycles. The van der Waals surface area contributed by atoms with Crippen LogP contribution in [0.4, 0.5) is 0 Å². The molecule has 0 fully saturated rings. The molecule has 2 rings (SSSR count). The molecule has 0 atom stereocenters. The van der Waals surface area contributed by atoms with E-state index in [9.17, 15) is 9.59 Å². The van der Waals surface area contributed by atoms with Gasteiger partial charge in [0.2, 0.25) is 0 Å². The molecular weight excluding hydrogens is 248 g/mol. The lowest BCUT2D eigenvalue weighted by atomic mass is 10.2. The SMILES string of the molecule is COC(=O)CCN(C)C(=O)c1cnn2ccncc12. The van der Waals surface area contributed by atoms with Gasteiger partial charge in [-0.3, -0.25) is 14.6 Å². The number of nitrogens with zero attached hydrogens (tertiary/aromatic N) is 4. The Labute approximate surface area is 109 Å². The van der Waals surface area contributed by atoms with Crippen LogP contribution in [-0.4, -0.2) is 52.1 Å². The summed E-state index contributed by atoms with van der Waals surface area (Å²) in [6, 6.07) is 0. The lowest BCUT2D eigenvalue weighted by Gasteiger charge is -2.15. The van der Waals surface area contributed by atoms with Crippen molar-refractivity contribution in [1.29, 1.82) is 0 Å². The summed E-state index contributed by atoms with van der Waals surface area (Å²) < 4.78 is 6.12. The van der Waals surface area contributed by atoms with E-state index < -0.39 is 0 Å². The molecule has 7 nitrogen and oxygen atoms in total. The van der Waals surface area contributed by atoms with Crippen molar-refractivity contribution in [3.63, 3.8) is 0 Å². The Hall–Kier alpha value is -2.44. The first-order chi connectivity index (χ1) is 9.13. The van der Waals surface area contributed by atoms with Crippen molar-refractivity contribution in [2.24, 2.45) is 0 Å². The van der Waals surface area contributed by atoms with Gasteiger partial charge in [-0.05, 0) is 0 Å². The van der Waals surface area contributed by atoms with Gasteiger partial charge < -0.3 is 9.64 Å². The highest BCUT2D eigenvalue weighted by Crippen LogP contribution is 2.11. The maximum atomic E-state index is 12.2. The van der Waals surface area contributed by atoms with Gasteiger partial charge in [-0.2, -0.15) is 5.10 Å². The highest BCUT2D eigenvalue weighted by Gasteiger charge is 2.17. The second-order valence-electron chi connectivity index (χ2n) is 4.02. The third kappa shape index (κ3) is 2.70. The van der Waals surface area contributed by atoms with Crippen molar-refractivity contribution in [3.8, 4) is 0 Å². The number of carbonyl (C=O) groups excluding carboxylic acids is 2. The fourth-order valence-corrected chi connectivity index (χ4v) is 1.67. The molecule has 0 aliphatic heterocycles. The number of ether oxygens (including phenoxy) is 1. The number of hydrogen-bond donors (Lipinski definition) is 0. The first kappa shape index (κ1) is 13.0. The summed E-state index contributed by atoms with van der Waals surface area (Å²) in [6.07, 6.45) is 6.49. The Morgan fingerprint density at radius 3 is 2.95 bits per heavy atom. The fourth-order valence-electron chi connectivity index (χ4n) is 1.67. The molecule has 0 aliphatic rings. The molecule has 0 saturated heterocycles. The zero-order valence-corrected chi connectivity index (χ0v) is 10.7. The number of carbonyl (C=O) groups is 2. The predicted molar refractivity (Wildman–Crippen MR) is 66.6 cm³/mol. The number of rotatable bonds is 4. The predicted octanol–water partition coefficient (Wildman–Crippen LogP) is 0.364. The normalized spacial score (nSPS) is 10.4. The monoisotopic (exact) mass is 262 g/mol. The van der Waals surface area contributed by atoms with Crippen LogP contribution in [0.5, 0.6) is 0 Å². The fraction of sp³-hybridized carbons (Fsp3) is 0.333. The van der Waals surface area contributed by atoms with Crippen LogP contribution in [0.3, 0.4) is 0 Å². The van der Waals surface area contributed by atoms with Crippen LogP contribution in [0.1, 0.15) is 16.8 Å². The van der Waals surface area contributed by atoms with Crippen molar-refractivity contribution < 1.29 is 14.3 Å². The van der Waals surface area contributed by atoms with Gasteiger partial charge in [0, 0.05) is 26.0 Å². The molecule has 0 aromatic carbocycles. The lowest BCUT2D eigenvalue weighted by molar-refractivity contribution is -0.140. The zero-order chi connectivity index (χ0) is 13.8. The molecule has 2 heterocycles. The van der Waals surface area contributed by atoms with Crippen molar-refractivity contribution in [2.75, 3.05) is 20.7 Å². The van der Waals surface area contributed by atoms with Crippen molar-refractivity contribution in [2.45, 2.75) is 6.42 Å². The molecule has 0 bridgehead atoms. The molecule has 0 radical (unpaired) electrons. The standard InChI is InChI=1S/C12H14N4O3/c1-15(5-3-11(17)19-2)12(18)9-7-14-16-6-4-13-8-10(9)16/h4,6-8H,3,5H2,1-2H3. The zero-order valence-electron chi connectivity index (χ0n) is 10.7. The van der Waals surface area contributed by atoms with Crippen molar-refractivity contribution >= 4 is 17.4 Å². The highest BCUT2D eigenvalue weighted by molar-refractivity contribution is 6.00. The third-order valence-electron chi connectivity index (χ3n) is 2.78. The smallest absolute Gasteiger partial charge is 0.307 e. The van der Waals surface area contributed by atoms with Crippen LogP contribution >= 0.6 is 0 Å². The van der Waals surface area contributed by atoms with Gasteiger partial charge in [0.1, 0.15) is 0 Å². The van der Waals surface area contributed by atoms with E-state index in [4.69, 9.17) is 0 Å². The minimum atomic E-state index is -0.346.